The summed E-state index contributed by atoms with van der Waals surface area (Å²) >= 11 is 0. The third-order valence-corrected chi connectivity index (χ3v) is 2.71. The lowest BCUT2D eigenvalue weighted by atomic mass is 10.2. The van der Waals surface area contributed by atoms with E-state index in [-0.39, 0.29) is 18.9 Å². The van der Waals surface area contributed by atoms with E-state index in [1.54, 1.807) is 6.92 Å². The van der Waals surface area contributed by atoms with Crippen molar-refractivity contribution in [3.05, 3.63) is 35.9 Å². The van der Waals surface area contributed by atoms with Crippen LogP contribution in [0.25, 0.3) is 0 Å². The minimum atomic E-state index is -1.46. The Kier molecular flexibility index (Phi) is 6.69. The van der Waals surface area contributed by atoms with Crippen molar-refractivity contribution in [2.75, 3.05) is 6.54 Å². The van der Waals surface area contributed by atoms with Crippen molar-refractivity contribution < 1.29 is 24.5 Å². The third kappa shape index (κ3) is 5.81. The Bertz CT molecular complexity index is 434. The average Bonchev–Trinajstić information content (AvgIpc) is 2.45. The van der Waals surface area contributed by atoms with E-state index in [4.69, 9.17) is 14.9 Å². The van der Waals surface area contributed by atoms with Crippen LogP contribution in [-0.2, 0) is 20.9 Å². The number of nitrogens with one attached hydrogen (secondary N) is 1. The third-order valence-electron chi connectivity index (χ3n) is 2.71. The Balaban J connectivity index is 2.24. The molecular weight excluding hydrogens is 262 g/mol. The van der Waals surface area contributed by atoms with Gasteiger partial charge in [0.05, 0.1) is 6.61 Å². The van der Waals surface area contributed by atoms with Crippen molar-refractivity contribution in [3.8, 4) is 0 Å². The van der Waals surface area contributed by atoms with E-state index < -0.39 is 18.2 Å². The van der Waals surface area contributed by atoms with Crippen LogP contribution >= 0.6 is 0 Å². The van der Waals surface area contributed by atoms with Crippen LogP contribution in [0.2, 0.25) is 0 Å². The molecule has 1 unspecified atom stereocenters. The molecule has 0 fully saturated rings. The van der Waals surface area contributed by atoms with Crippen LogP contribution < -0.4 is 5.32 Å². The molecule has 0 aliphatic rings. The Hall–Kier alpha value is -1.92. The first-order chi connectivity index (χ1) is 9.50. The lowest BCUT2D eigenvalue weighted by Gasteiger charge is -2.14. The number of hydrogen-bond donors (Lipinski definition) is 3. The van der Waals surface area contributed by atoms with Gasteiger partial charge in [0, 0.05) is 13.0 Å². The molecule has 6 heteroatoms. The molecule has 0 bridgehead atoms. The molecule has 110 valence electrons. The first-order valence-electron chi connectivity index (χ1n) is 6.35. The van der Waals surface area contributed by atoms with Crippen molar-refractivity contribution in [1.29, 1.82) is 0 Å². The predicted octanol–water partition coefficient (Wildman–Crippen LogP) is 0.543. The number of aliphatic carboxylic acids is 1. The minimum absolute atomic E-state index is 0.0352. The lowest BCUT2D eigenvalue weighted by molar-refractivity contribution is -0.147. The van der Waals surface area contributed by atoms with Gasteiger partial charge in [0.1, 0.15) is 6.10 Å². The van der Waals surface area contributed by atoms with Gasteiger partial charge in [-0.05, 0) is 12.5 Å². The molecule has 0 spiro atoms. The van der Waals surface area contributed by atoms with Gasteiger partial charge in [-0.15, -0.1) is 0 Å². The monoisotopic (exact) mass is 281 g/mol. The molecule has 1 aromatic carbocycles. The summed E-state index contributed by atoms with van der Waals surface area (Å²) in [6.45, 7) is 2.03. The fraction of sp³-hybridized carbons (Fsp3) is 0.429. The maximum atomic E-state index is 11.7. The molecule has 0 aliphatic carbocycles. The first kappa shape index (κ1) is 16.1. The zero-order chi connectivity index (χ0) is 15.0. The number of carbonyl (C=O) groups excluding carboxylic acids is 1. The predicted molar refractivity (Wildman–Crippen MR) is 72.0 cm³/mol. The maximum Gasteiger partial charge on any atom is 0.332 e. The van der Waals surface area contributed by atoms with E-state index in [2.05, 4.69) is 5.32 Å². The fourth-order valence-electron chi connectivity index (χ4n) is 1.47. The molecule has 0 aromatic heterocycles. The smallest absolute Gasteiger partial charge is 0.332 e. The summed E-state index contributed by atoms with van der Waals surface area (Å²) in [5, 5.41) is 20.0. The van der Waals surface area contributed by atoms with Crippen molar-refractivity contribution in [1.82, 2.24) is 5.32 Å². The zero-order valence-electron chi connectivity index (χ0n) is 11.3. The number of amides is 1. The quantitative estimate of drug-likeness (QED) is 0.646. The molecule has 1 aromatic rings. The largest absolute Gasteiger partial charge is 0.479 e. The second kappa shape index (κ2) is 8.29. The molecule has 0 saturated heterocycles. The summed E-state index contributed by atoms with van der Waals surface area (Å²) in [7, 11) is 0. The normalized spacial score (nSPS) is 13.5. The van der Waals surface area contributed by atoms with Crippen LogP contribution in [0.1, 0.15) is 18.9 Å². The molecule has 1 rings (SSSR count). The fourth-order valence-corrected chi connectivity index (χ4v) is 1.47. The zero-order valence-corrected chi connectivity index (χ0v) is 11.3. The van der Waals surface area contributed by atoms with Crippen molar-refractivity contribution >= 4 is 11.9 Å². The highest BCUT2D eigenvalue weighted by Gasteiger charge is 2.16. The standard InChI is InChI=1S/C14H19NO5/c1-10(20-9-11-5-3-2-4-6-11)13(17)15-8-7-12(16)14(18)19/h2-6,10,12,16H,7-9H2,1H3,(H,15,17)(H,18,19)/t10?,12-/m0/s1. The Morgan fingerprint density at radius 1 is 1.30 bits per heavy atom. The first-order valence-corrected chi connectivity index (χ1v) is 6.35. The van der Waals surface area contributed by atoms with E-state index >= 15 is 0 Å². The summed E-state index contributed by atoms with van der Waals surface area (Å²) in [6.07, 6.45) is -2.14. The molecule has 0 heterocycles. The number of carboxylic acid groups (broad SMARTS) is 1. The molecule has 0 saturated carbocycles. The summed E-state index contributed by atoms with van der Waals surface area (Å²) in [4.78, 5) is 22.0. The van der Waals surface area contributed by atoms with E-state index in [0.717, 1.165) is 5.56 Å². The van der Waals surface area contributed by atoms with Crippen molar-refractivity contribution in [3.63, 3.8) is 0 Å². The Labute approximate surface area is 117 Å². The molecule has 6 nitrogen and oxygen atoms in total. The number of benzene rings is 1. The van der Waals surface area contributed by atoms with Gasteiger partial charge in [-0.3, -0.25) is 4.79 Å². The number of hydrogen-bond acceptors (Lipinski definition) is 4. The van der Waals surface area contributed by atoms with Gasteiger partial charge in [0.25, 0.3) is 0 Å². The van der Waals surface area contributed by atoms with Gasteiger partial charge >= 0.3 is 5.97 Å². The Morgan fingerprint density at radius 3 is 2.55 bits per heavy atom. The van der Waals surface area contributed by atoms with Gasteiger partial charge in [-0.2, -0.15) is 0 Å². The molecule has 20 heavy (non-hydrogen) atoms. The maximum absolute atomic E-state index is 11.7. The minimum Gasteiger partial charge on any atom is -0.479 e. The van der Waals surface area contributed by atoms with E-state index in [1.807, 2.05) is 30.3 Å². The van der Waals surface area contributed by atoms with Gasteiger partial charge in [0.2, 0.25) is 5.91 Å². The number of rotatable bonds is 8. The molecule has 2 atom stereocenters. The van der Waals surface area contributed by atoms with Gasteiger partial charge in [-0.1, -0.05) is 30.3 Å². The average molecular weight is 281 g/mol. The van der Waals surface area contributed by atoms with Crippen LogP contribution in [0.3, 0.4) is 0 Å². The molecular formula is C14H19NO5. The second-order valence-electron chi connectivity index (χ2n) is 4.37. The van der Waals surface area contributed by atoms with Gasteiger partial charge in [-0.25, -0.2) is 4.79 Å². The number of ether oxygens (including phenoxy) is 1. The summed E-state index contributed by atoms with van der Waals surface area (Å²) in [6, 6.07) is 9.46. The lowest BCUT2D eigenvalue weighted by Crippen LogP contribution is -2.37. The van der Waals surface area contributed by atoms with Crippen LogP contribution in [0.5, 0.6) is 0 Å². The number of carboxylic acids is 1. The van der Waals surface area contributed by atoms with Crippen LogP contribution in [-0.4, -0.2) is 40.8 Å². The van der Waals surface area contributed by atoms with E-state index in [1.165, 1.54) is 0 Å². The van der Waals surface area contributed by atoms with Crippen LogP contribution in [0.15, 0.2) is 30.3 Å². The van der Waals surface area contributed by atoms with Gasteiger partial charge in [0.15, 0.2) is 6.10 Å². The van der Waals surface area contributed by atoms with Crippen molar-refractivity contribution in [2.45, 2.75) is 32.2 Å². The molecule has 3 N–H and O–H groups in total. The highest BCUT2D eigenvalue weighted by Crippen LogP contribution is 2.03. The Morgan fingerprint density at radius 2 is 1.95 bits per heavy atom. The highest BCUT2D eigenvalue weighted by atomic mass is 16.5. The van der Waals surface area contributed by atoms with Gasteiger partial charge < -0.3 is 20.3 Å². The number of aliphatic hydroxyl groups excluding tert-OH is 1. The van der Waals surface area contributed by atoms with Crippen molar-refractivity contribution in [2.24, 2.45) is 0 Å². The highest BCUT2D eigenvalue weighted by molar-refractivity contribution is 5.80. The van der Waals surface area contributed by atoms with Crippen LogP contribution in [0.4, 0.5) is 0 Å². The summed E-state index contributed by atoms with van der Waals surface area (Å²) in [5.41, 5.74) is 0.966. The molecule has 0 radical (unpaired) electrons. The SMILES string of the molecule is CC(OCc1ccccc1)C(=O)NCC[C@H](O)C(=O)O. The summed E-state index contributed by atoms with van der Waals surface area (Å²) < 4.78 is 5.40. The topological polar surface area (TPSA) is 95.9 Å². The molecule has 0 aliphatic heterocycles. The number of aliphatic hydroxyl groups is 1. The number of carbonyl (C=O) groups is 2. The van der Waals surface area contributed by atoms with E-state index in [0.29, 0.717) is 6.61 Å². The molecule has 1 amide bonds. The van der Waals surface area contributed by atoms with E-state index in [9.17, 15) is 9.59 Å². The second-order valence-corrected chi connectivity index (χ2v) is 4.37. The summed E-state index contributed by atoms with van der Waals surface area (Å²) in [5.74, 6) is -1.63. The van der Waals surface area contributed by atoms with Crippen LogP contribution in [0, 0.1) is 0 Å².